The molecule has 0 nitrogen and oxygen atoms in total. The molecule has 0 aliphatic rings. The summed E-state index contributed by atoms with van der Waals surface area (Å²) in [6.45, 7) is 4.61. The number of halogens is 3. The van der Waals surface area contributed by atoms with Crippen LogP contribution in [0.4, 0.5) is 0 Å². The minimum Gasteiger partial charge on any atom is -1.00 e. The molecule has 4 rings (SSSR count). The summed E-state index contributed by atoms with van der Waals surface area (Å²) >= 11 is 0. The molecule has 0 aliphatic carbocycles. The summed E-state index contributed by atoms with van der Waals surface area (Å²) in [5, 5.41) is 5.84. The van der Waals surface area contributed by atoms with E-state index in [-0.39, 0.29) is 58.9 Å². The van der Waals surface area contributed by atoms with E-state index in [2.05, 4.69) is 123 Å². The maximum absolute atomic E-state index is 2.37. The normalized spacial score (nSPS) is 10.2. The monoisotopic (exact) mass is 518 g/mol. The molecule has 4 aromatic rings. The summed E-state index contributed by atoms with van der Waals surface area (Å²) in [6, 6.07) is 40.3. The van der Waals surface area contributed by atoms with Crippen molar-refractivity contribution >= 4 is 28.8 Å². The first kappa shape index (κ1) is 29.8. The zero-order chi connectivity index (χ0) is 18.7. The van der Waals surface area contributed by atoms with Gasteiger partial charge in [-0.1, -0.05) is 120 Å². The van der Waals surface area contributed by atoms with Crippen LogP contribution in [0.5, 0.6) is 0 Å². The molecule has 0 fully saturated rings. The van der Waals surface area contributed by atoms with Gasteiger partial charge in [0.15, 0.2) is 0 Å². The molecular weight excluding hydrogens is 495 g/mol. The fraction of sp³-hybridized carbons (Fsp3) is 0.115. The molecule has 0 radical (unpaired) electrons. The first-order valence-electron chi connectivity index (χ1n) is 9.67. The minimum atomic E-state index is -2.36. The average molecular weight is 520 g/mol. The topological polar surface area (TPSA) is 0 Å². The molecule has 0 unspecified atom stereocenters. The van der Waals surface area contributed by atoms with Gasteiger partial charge in [-0.2, -0.15) is 11.6 Å². The Kier molecular flexibility index (Phi) is 12.9. The van der Waals surface area contributed by atoms with E-state index >= 15 is 0 Å². The van der Waals surface area contributed by atoms with E-state index in [0.29, 0.717) is 5.92 Å². The van der Waals surface area contributed by atoms with Crippen molar-refractivity contribution in [3.8, 4) is 0 Å². The van der Waals surface area contributed by atoms with Crippen LogP contribution in [0.3, 0.4) is 0 Å². The number of rotatable bonds is 5. The van der Waals surface area contributed by atoms with Gasteiger partial charge in [0.25, 0.3) is 0 Å². The zero-order valence-corrected chi connectivity index (χ0v) is 22.4. The molecule has 4 aromatic carbocycles. The molecule has 31 heavy (non-hydrogen) atoms. The zero-order valence-electron chi connectivity index (χ0n) is 17.6. The van der Waals surface area contributed by atoms with Gasteiger partial charge in [-0.3, -0.25) is 0 Å². The van der Waals surface area contributed by atoms with Crippen LogP contribution in [-0.4, -0.2) is 8.07 Å². The quantitative estimate of drug-likeness (QED) is 0.141. The molecular formula is C26H25Cl3SiTi. The Morgan fingerprint density at radius 2 is 0.903 bits per heavy atom. The Morgan fingerprint density at radius 1 is 0.548 bits per heavy atom. The SMILES string of the molecule is CC(C)c1ccc[c-]1[Si](c1ccccc1)(c1ccccc1)c1ccccc1.[Cl-].[Cl-].[Cl-].[Ti+4]. The van der Waals surface area contributed by atoms with Gasteiger partial charge in [0.05, 0.1) is 0 Å². The van der Waals surface area contributed by atoms with Crippen LogP contribution in [-0.2, 0) is 21.7 Å². The predicted molar refractivity (Wildman–Crippen MR) is 120 cm³/mol. The third-order valence-electron chi connectivity index (χ3n) is 5.50. The Bertz CT molecular complexity index is 906. The van der Waals surface area contributed by atoms with Crippen molar-refractivity contribution in [2.45, 2.75) is 19.8 Å². The van der Waals surface area contributed by atoms with Crippen LogP contribution in [0, 0.1) is 0 Å². The van der Waals surface area contributed by atoms with Gasteiger partial charge < -0.3 is 37.2 Å². The molecule has 0 aromatic heterocycles. The van der Waals surface area contributed by atoms with E-state index in [9.17, 15) is 0 Å². The molecule has 0 bridgehead atoms. The van der Waals surface area contributed by atoms with Crippen molar-refractivity contribution in [2.24, 2.45) is 0 Å². The van der Waals surface area contributed by atoms with Crippen molar-refractivity contribution in [2.75, 3.05) is 0 Å². The second kappa shape index (κ2) is 13.4. The van der Waals surface area contributed by atoms with Gasteiger partial charge in [0.1, 0.15) is 8.07 Å². The Labute approximate surface area is 221 Å². The predicted octanol–water partition coefficient (Wildman–Crippen LogP) is -5.08. The third kappa shape index (κ3) is 5.60. The summed E-state index contributed by atoms with van der Waals surface area (Å²) in [6.07, 6.45) is 0. The summed E-state index contributed by atoms with van der Waals surface area (Å²) < 4.78 is 0. The average Bonchev–Trinajstić information content (AvgIpc) is 3.22. The Hall–Kier alpha value is -1.19. The first-order valence-corrected chi connectivity index (χ1v) is 11.7. The van der Waals surface area contributed by atoms with E-state index in [0.717, 1.165) is 0 Å². The number of hydrogen-bond donors (Lipinski definition) is 0. The molecule has 0 saturated carbocycles. The van der Waals surface area contributed by atoms with Gasteiger partial charge in [-0.15, -0.1) is 5.19 Å². The second-order valence-corrected chi connectivity index (χ2v) is 11.2. The van der Waals surface area contributed by atoms with Gasteiger partial charge >= 0.3 is 21.7 Å². The summed E-state index contributed by atoms with van der Waals surface area (Å²) in [7, 11) is -2.36. The molecule has 0 N–H and O–H groups in total. The van der Waals surface area contributed by atoms with E-state index in [1.807, 2.05) is 0 Å². The van der Waals surface area contributed by atoms with Crippen LogP contribution in [0.1, 0.15) is 25.3 Å². The molecule has 0 spiro atoms. The molecule has 0 atom stereocenters. The third-order valence-corrected chi connectivity index (χ3v) is 10.4. The smallest absolute Gasteiger partial charge is 1.00 e. The molecule has 5 heteroatoms. The van der Waals surface area contributed by atoms with E-state index < -0.39 is 8.07 Å². The first-order chi connectivity index (χ1) is 13.2. The summed E-state index contributed by atoms with van der Waals surface area (Å²) in [4.78, 5) is 0. The van der Waals surface area contributed by atoms with Crippen molar-refractivity contribution in [1.82, 2.24) is 0 Å². The molecule has 0 amide bonds. The fourth-order valence-corrected chi connectivity index (χ4v) is 9.47. The van der Waals surface area contributed by atoms with Gasteiger partial charge in [-0.25, -0.2) is 12.1 Å². The van der Waals surface area contributed by atoms with Crippen molar-refractivity contribution < 1.29 is 58.9 Å². The van der Waals surface area contributed by atoms with Crippen LogP contribution in [0.2, 0.25) is 0 Å². The van der Waals surface area contributed by atoms with Crippen molar-refractivity contribution in [1.29, 1.82) is 0 Å². The standard InChI is InChI=1S/C26H25Si.3ClH.Ti/c1-21(2)25-19-12-20-26(25)27(22-13-6-3-7-14-22,23-15-8-4-9-16-23)24-17-10-5-11-18-24;;;;/h3-21H,1-2H3;3*1H;/q-1;;;;+4/p-3. The van der Waals surface area contributed by atoms with Crippen LogP contribution >= 0.6 is 0 Å². The molecule has 0 saturated heterocycles. The van der Waals surface area contributed by atoms with E-state index in [4.69, 9.17) is 0 Å². The maximum Gasteiger partial charge on any atom is 4.00 e. The van der Waals surface area contributed by atoms with E-state index in [1.54, 1.807) is 0 Å². The van der Waals surface area contributed by atoms with Crippen LogP contribution in [0.25, 0.3) is 0 Å². The Balaban J connectivity index is 0.00000225. The minimum absolute atomic E-state index is 0. The van der Waals surface area contributed by atoms with Crippen LogP contribution in [0.15, 0.2) is 109 Å². The Morgan fingerprint density at radius 3 is 1.23 bits per heavy atom. The summed E-state index contributed by atoms with van der Waals surface area (Å²) in [5.41, 5.74) is 1.47. The second-order valence-electron chi connectivity index (χ2n) is 7.40. The molecule has 158 valence electrons. The van der Waals surface area contributed by atoms with Crippen molar-refractivity contribution in [3.63, 3.8) is 0 Å². The molecule has 0 heterocycles. The maximum atomic E-state index is 2.37. The van der Waals surface area contributed by atoms with Gasteiger partial charge in [-0.05, 0) is 5.92 Å². The van der Waals surface area contributed by atoms with Crippen molar-refractivity contribution in [3.05, 3.63) is 115 Å². The largest absolute Gasteiger partial charge is 4.00 e. The summed E-state index contributed by atoms with van der Waals surface area (Å²) in [5.74, 6) is 0.498. The van der Waals surface area contributed by atoms with Crippen LogP contribution < -0.4 is 58.0 Å². The van der Waals surface area contributed by atoms with Gasteiger partial charge in [0.2, 0.25) is 0 Å². The number of benzene rings is 3. The number of hydrogen-bond acceptors (Lipinski definition) is 0. The van der Waals surface area contributed by atoms with Gasteiger partial charge in [0, 0.05) is 0 Å². The van der Waals surface area contributed by atoms with E-state index in [1.165, 1.54) is 26.3 Å². The molecule has 0 aliphatic heterocycles. The fourth-order valence-electron chi connectivity index (χ4n) is 4.31.